The number of aromatic nitrogens is 1. The summed E-state index contributed by atoms with van der Waals surface area (Å²) < 4.78 is 0. The second-order valence-electron chi connectivity index (χ2n) is 5.76. The molecule has 7 heteroatoms. The summed E-state index contributed by atoms with van der Waals surface area (Å²) in [5, 5.41) is 2.78. The minimum atomic E-state index is -0.223. The first-order valence-electron chi connectivity index (χ1n) is 7.98. The summed E-state index contributed by atoms with van der Waals surface area (Å²) in [5.74, 6) is 0.154. The number of nitrogens with one attached hydrogen (secondary N) is 1. The Morgan fingerprint density at radius 3 is 2.57 bits per heavy atom. The molecule has 23 heavy (non-hydrogen) atoms. The molecular weight excluding hydrogens is 296 g/mol. The molecule has 1 N–H and O–H groups in total. The zero-order valence-electron chi connectivity index (χ0n) is 13.0. The van der Waals surface area contributed by atoms with Crippen LogP contribution >= 0.6 is 0 Å². The van der Waals surface area contributed by atoms with Crippen molar-refractivity contribution in [3.05, 3.63) is 23.9 Å². The maximum Gasteiger partial charge on any atom is 0.255 e. The summed E-state index contributed by atoms with van der Waals surface area (Å²) in [6.45, 7) is 2.30. The average Bonchev–Trinajstić information content (AvgIpc) is 3.20. The minimum absolute atomic E-state index is 0.164. The van der Waals surface area contributed by atoms with Crippen molar-refractivity contribution in [1.82, 2.24) is 15.2 Å². The van der Waals surface area contributed by atoms with Gasteiger partial charge in [0.25, 0.3) is 5.91 Å². The average molecular weight is 316 g/mol. The van der Waals surface area contributed by atoms with Crippen molar-refractivity contribution < 1.29 is 14.4 Å². The molecule has 0 bridgehead atoms. The van der Waals surface area contributed by atoms with Crippen LogP contribution in [0.2, 0.25) is 0 Å². The third kappa shape index (κ3) is 3.33. The van der Waals surface area contributed by atoms with Crippen LogP contribution in [-0.4, -0.2) is 53.8 Å². The lowest BCUT2D eigenvalue weighted by atomic mass is 10.2. The second-order valence-corrected chi connectivity index (χ2v) is 5.76. The predicted octanol–water partition coefficient (Wildman–Crippen LogP) is 0.561. The number of carbonyl (C=O) groups is 3. The van der Waals surface area contributed by atoms with Crippen LogP contribution in [0.1, 0.15) is 36.0 Å². The fourth-order valence-corrected chi connectivity index (χ4v) is 3.00. The lowest BCUT2D eigenvalue weighted by Crippen LogP contribution is -2.38. The number of rotatable bonds is 5. The van der Waals surface area contributed by atoms with Gasteiger partial charge in [0.2, 0.25) is 11.8 Å². The monoisotopic (exact) mass is 316 g/mol. The second kappa shape index (κ2) is 6.76. The standard InChI is InChI=1S/C16H20N4O3/c21-13-5-6-14(22)20(13)11-8-18-16(23)12-4-3-7-17-15(12)19-9-1-2-10-19/h3-4,7H,1-2,5-6,8-11H2,(H,18,23). The van der Waals surface area contributed by atoms with Crippen LogP contribution < -0.4 is 10.2 Å². The molecular formula is C16H20N4O3. The number of nitrogens with zero attached hydrogens (tertiary/aromatic N) is 3. The highest BCUT2D eigenvalue weighted by atomic mass is 16.2. The van der Waals surface area contributed by atoms with Gasteiger partial charge in [-0.15, -0.1) is 0 Å². The molecule has 2 saturated heterocycles. The van der Waals surface area contributed by atoms with Gasteiger partial charge in [0, 0.05) is 45.2 Å². The van der Waals surface area contributed by atoms with Gasteiger partial charge >= 0.3 is 0 Å². The van der Waals surface area contributed by atoms with Crippen molar-refractivity contribution in [3.63, 3.8) is 0 Å². The summed E-state index contributed by atoms with van der Waals surface area (Å²) in [5.41, 5.74) is 0.536. The number of amides is 3. The Bertz CT molecular complexity index is 610. The molecule has 0 spiro atoms. The molecule has 7 nitrogen and oxygen atoms in total. The van der Waals surface area contributed by atoms with Crippen molar-refractivity contribution in [2.24, 2.45) is 0 Å². The molecule has 2 aliphatic rings. The van der Waals surface area contributed by atoms with E-state index in [0.717, 1.165) is 25.9 Å². The smallest absolute Gasteiger partial charge is 0.255 e. The number of carbonyl (C=O) groups excluding carboxylic acids is 3. The Morgan fingerprint density at radius 2 is 1.87 bits per heavy atom. The predicted molar refractivity (Wildman–Crippen MR) is 84.0 cm³/mol. The van der Waals surface area contributed by atoms with Crippen LogP contribution in [0.4, 0.5) is 5.82 Å². The van der Waals surface area contributed by atoms with Crippen molar-refractivity contribution in [2.75, 3.05) is 31.1 Å². The topological polar surface area (TPSA) is 82.6 Å². The van der Waals surface area contributed by atoms with Gasteiger partial charge in [-0.3, -0.25) is 19.3 Å². The van der Waals surface area contributed by atoms with Gasteiger partial charge in [-0.2, -0.15) is 0 Å². The number of imide groups is 1. The van der Waals surface area contributed by atoms with Crippen LogP contribution in [0, 0.1) is 0 Å². The summed E-state index contributed by atoms with van der Waals surface area (Å²) in [6, 6.07) is 3.49. The third-order valence-corrected chi connectivity index (χ3v) is 4.21. The zero-order valence-corrected chi connectivity index (χ0v) is 13.0. The van der Waals surface area contributed by atoms with Crippen molar-refractivity contribution in [2.45, 2.75) is 25.7 Å². The van der Waals surface area contributed by atoms with E-state index in [0.29, 0.717) is 11.4 Å². The molecule has 2 fully saturated rings. The highest BCUT2D eigenvalue weighted by Crippen LogP contribution is 2.21. The van der Waals surface area contributed by atoms with E-state index in [-0.39, 0.29) is 43.7 Å². The molecule has 2 aliphatic heterocycles. The van der Waals surface area contributed by atoms with Gasteiger partial charge in [-0.1, -0.05) is 0 Å². The molecule has 0 unspecified atom stereocenters. The Morgan fingerprint density at radius 1 is 1.17 bits per heavy atom. The van der Waals surface area contributed by atoms with Crippen LogP contribution in [0.15, 0.2) is 18.3 Å². The van der Waals surface area contributed by atoms with E-state index in [1.54, 1.807) is 18.3 Å². The van der Waals surface area contributed by atoms with Gasteiger partial charge in [-0.25, -0.2) is 4.98 Å². The first-order valence-corrected chi connectivity index (χ1v) is 7.98. The summed E-state index contributed by atoms with van der Waals surface area (Å²) >= 11 is 0. The Hall–Kier alpha value is -2.44. The van der Waals surface area contributed by atoms with E-state index in [4.69, 9.17) is 0 Å². The molecule has 1 aromatic heterocycles. The van der Waals surface area contributed by atoms with E-state index >= 15 is 0 Å². The molecule has 0 aliphatic carbocycles. The van der Waals surface area contributed by atoms with Crippen LogP contribution in [0.3, 0.4) is 0 Å². The van der Waals surface area contributed by atoms with Gasteiger partial charge < -0.3 is 10.2 Å². The molecule has 122 valence electrons. The molecule has 0 saturated carbocycles. The normalized spacial score (nSPS) is 17.9. The lowest BCUT2D eigenvalue weighted by Gasteiger charge is -2.19. The fourth-order valence-electron chi connectivity index (χ4n) is 3.00. The van der Waals surface area contributed by atoms with Crippen molar-refractivity contribution >= 4 is 23.5 Å². The molecule has 3 heterocycles. The first-order chi connectivity index (χ1) is 11.2. The summed E-state index contributed by atoms with van der Waals surface area (Å²) in [4.78, 5) is 43.1. The van der Waals surface area contributed by atoms with Gasteiger partial charge in [0.05, 0.1) is 5.56 Å². The number of anilines is 1. The molecule has 3 rings (SSSR count). The van der Waals surface area contributed by atoms with Crippen LogP contribution in [-0.2, 0) is 9.59 Å². The quantitative estimate of drug-likeness (QED) is 0.803. The van der Waals surface area contributed by atoms with E-state index in [1.165, 1.54) is 4.90 Å². The van der Waals surface area contributed by atoms with Crippen LogP contribution in [0.5, 0.6) is 0 Å². The Balaban J connectivity index is 1.60. The van der Waals surface area contributed by atoms with Crippen molar-refractivity contribution in [1.29, 1.82) is 0 Å². The summed E-state index contributed by atoms with van der Waals surface area (Å²) in [6.07, 6.45) is 4.45. The molecule has 0 radical (unpaired) electrons. The van der Waals surface area contributed by atoms with Gasteiger partial charge in [-0.05, 0) is 25.0 Å². The van der Waals surface area contributed by atoms with Gasteiger partial charge in [0.15, 0.2) is 0 Å². The van der Waals surface area contributed by atoms with Crippen molar-refractivity contribution in [3.8, 4) is 0 Å². The van der Waals surface area contributed by atoms with E-state index < -0.39 is 0 Å². The Labute approximate surface area is 134 Å². The number of hydrogen-bond acceptors (Lipinski definition) is 5. The van der Waals surface area contributed by atoms with Gasteiger partial charge in [0.1, 0.15) is 5.82 Å². The molecule has 1 aromatic rings. The van der Waals surface area contributed by atoms with Crippen LogP contribution in [0.25, 0.3) is 0 Å². The molecule has 3 amide bonds. The highest BCUT2D eigenvalue weighted by Gasteiger charge is 2.28. The SMILES string of the molecule is O=C(NCCN1C(=O)CCC1=O)c1cccnc1N1CCCC1. The molecule has 0 aromatic carbocycles. The maximum absolute atomic E-state index is 12.4. The van der Waals surface area contributed by atoms with E-state index in [9.17, 15) is 14.4 Å². The number of hydrogen-bond donors (Lipinski definition) is 1. The number of pyridine rings is 1. The lowest BCUT2D eigenvalue weighted by molar-refractivity contribution is -0.138. The maximum atomic E-state index is 12.4. The highest BCUT2D eigenvalue weighted by molar-refractivity contribution is 6.02. The molecule has 0 atom stereocenters. The Kier molecular flexibility index (Phi) is 4.55. The largest absolute Gasteiger partial charge is 0.356 e. The zero-order chi connectivity index (χ0) is 16.2. The first kappa shape index (κ1) is 15.5. The van der Waals surface area contributed by atoms with E-state index in [2.05, 4.69) is 15.2 Å². The fraction of sp³-hybridized carbons (Fsp3) is 0.500. The summed E-state index contributed by atoms with van der Waals surface area (Å²) in [7, 11) is 0. The third-order valence-electron chi connectivity index (χ3n) is 4.21. The van der Waals surface area contributed by atoms with E-state index in [1.807, 2.05) is 0 Å². The minimum Gasteiger partial charge on any atom is -0.356 e. The number of likely N-dealkylation sites (tertiary alicyclic amines) is 1.